The van der Waals surface area contributed by atoms with Gasteiger partial charge in [0.2, 0.25) is 5.91 Å². The van der Waals surface area contributed by atoms with E-state index in [-0.39, 0.29) is 23.0 Å². The zero-order chi connectivity index (χ0) is 24.5. The van der Waals surface area contributed by atoms with Gasteiger partial charge in [0.15, 0.2) is 0 Å². The summed E-state index contributed by atoms with van der Waals surface area (Å²) in [5, 5.41) is 2.40. The first-order valence-electron chi connectivity index (χ1n) is 10.9. The molecule has 1 heterocycles. The molecule has 1 fully saturated rings. The number of hydrogen-bond acceptors (Lipinski definition) is 4. The van der Waals surface area contributed by atoms with Crippen LogP contribution in [0.3, 0.4) is 0 Å². The van der Waals surface area contributed by atoms with Crippen LogP contribution in [0.1, 0.15) is 43.2 Å². The molecule has 2 aromatic carbocycles. The minimum Gasteiger partial charge on any atom is -0.497 e. The lowest BCUT2D eigenvalue weighted by Gasteiger charge is -2.38. The molecule has 1 N–H and O–H groups in total. The zero-order valence-electron chi connectivity index (χ0n) is 18.4. The van der Waals surface area contributed by atoms with E-state index in [1.165, 1.54) is 4.90 Å². The van der Waals surface area contributed by atoms with Crippen LogP contribution in [0, 0.1) is 0 Å². The lowest BCUT2D eigenvalue weighted by molar-refractivity contribution is -0.137. The second kappa shape index (κ2) is 9.29. The fraction of sp³-hybridized carbons (Fsp3) is 0.375. The van der Waals surface area contributed by atoms with Crippen molar-refractivity contribution in [2.75, 3.05) is 19.0 Å². The maximum absolute atomic E-state index is 13.4. The molecule has 1 aliphatic carbocycles. The van der Waals surface area contributed by atoms with E-state index in [1.54, 1.807) is 31.4 Å². The van der Waals surface area contributed by atoms with E-state index in [0.717, 1.165) is 37.5 Å². The molecule has 0 aromatic heterocycles. The van der Waals surface area contributed by atoms with Crippen LogP contribution in [0.4, 0.5) is 18.9 Å². The van der Waals surface area contributed by atoms with Gasteiger partial charge in [-0.15, -0.1) is 0 Å². The third kappa shape index (κ3) is 4.75. The van der Waals surface area contributed by atoms with Crippen LogP contribution in [0.5, 0.6) is 5.75 Å². The van der Waals surface area contributed by atoms with Crippen molar-refractivity contribution in [2.24, 2.45) is 4.99 Å². The molecular formula is C24H23ClF3N3O3. The standard InChI is InChI=1S/C24H23ClF3N3O3/c1-34-17-8-5-15(6-9-17)21-22(33)31(23(30-21)11-3-2-4-12-23)14-20(32)29-19-13-16(24(26,27)28)7-10-18(19)25/h5-10,13H,2-4,11-12,14H2,1H3,(H,29,32). The fourth-order valence-corrected chi connectivity index (χ4v) is 4.58. The van der Waals surface area contributed by atoms with Crippen molar-refractivity contribution in [3.63, 3.8) is 0 Å². The Morgan fingerprint density at radius 1 is 1.15 bits per heavy atom. The van der Waals surface area contributed by atoms with Gasteiger partial charge in [-0.2, -0.15) is 13.2 Å². The highest BCUT2D eigenvalue weighted by Gasteiger charge is 2.48. The number of hydrogen-bond donors (Lipinski definition) is 1. The predicted octanol–water partition coefficient (Wildman–Crippen LogP) is 5.30. The summed E-state index contributed by atoms with van der Waals surface area (Å²) in [7, 11) is 1.54. The van der Waals surface area contributed by atoms with Crippen molar-refractivity contribution in [2.45, 2.75) is 43.9 Å². The van der Waals surface area contributed by atoms with E-state index in [0.29, 0.717) is 24.2 Å². The molecule has 10 heteroatoms. The number of carbonyl (C=O) groups excluding carboxylic acids is 2. The molecule has 2 aliphatic rings. The number of anilines is 1. The molecular weight excluding hydrogens is 471 g/mol. The van der Waals surface area contributed by atoms with Crippen molar-refractivity contribution in [3.8, 4) is 5.75 Å². The average molecular weight is 494 g/mol. The Balaban J connectivity index is 1.58. The second-order valence-corrected chi connectivity index (χ2v) is 8.77. The molecule has 180 valence electrons. The number of alkyl halides is 3. The first-order chi connectivity index (χ1) is 16.1. The average Bonchev–Trinajstić information content (AvgIpc) is 3.06. The smallest absolute Gasteiger partial charge is 0.416 e. The van der Waals surface area contributed by atoms with Gasteiger partial charge in [-0.3, -0.25) is 14.6 Å². The van der Waals surface area contributed by atoms with Crippen LogP contribution in [0.25, 0.3) is 0 Å². The van der Waals surface area contributed by atoms with Crippen LogP contribution in [0.15, 0.2) is 47.5 Å². The number of benzene rings is 2. The lowest BCUT2D eigenvalue weighted by atomic mass is 9.88. The summed E-state index contributed by atoms with van der Waals surface area (Å²) in [6, 6.07) is 9.62. The van der Waals surface area contributed by atoms with Crippen molar-refractivity contribution < 1.29 is 27.5 Å². The number of ether oxygens (including phenoxy) is 1. The Hall–Kier alpha value is -3.07. The number of carbonyl (C=O) groups is 2. The summed E-state index contributed by atoms with van der Waals surface area (Å²) in [4.78, 5) is 32.5. The molecule has 0 unspecified atom stereocenters. The van der Waals surface area contributed by atoms with Crippen LogP contribution < -0.4 is 10.1 Å². The Kier molecular flexibility index (Phi) is 6.58. The molecule has 6 nitrogen and oxygen atoms in total. The molecule has 2 amide bonds. The van der Waals surface area contributed by atoms with Crippen LogP contribution in [0.2, 0.25) is 5.02 Å². The summed E-state index contributed by atoms with van der Waals surface area (Å²) >= 11 is 6.01. The molecule has 1 aliphatic heterocycles. The predicted molar refractivity (Wildman–Crippen MR) is 122 cm³/mol. The molecule has 0 saturated heterocycles. The normalized spacial score (nSPS) is 17.6. The zero-order valence-corrected chi connectivity index (χ0v) is 19.2. The topological polar surface area (TPSA) is 71.0 Å². The van der Waals surface area contributed by atoms with Crippen molar-refractivity contribution in [1.29, 1.82) is 0 Å². The van der Waals surface area contributed by atoms with Gasteiger partial charge in [-0.25, -0.2) is 0 Å². The van der Waals surface area contributed by atoms with E-state index >= 15 is 0 Å². The number of aliphatic imine (C=N–C) groups is 1. The first-order valence-corrected chi connectivity index (χ1v) is 11.2. The first kappa shape index (κ1) is 24.1. The number of nitrogens with zero attached hydrogens (tertiary/aromatic N) is 2. The third-order valence-electron chi connectivity index (χ3n) is 6.16. The van der Waals surface area contributed by atoms with Gasteiger partial charge in [-0.1, -0.05) is 18.0 Å². The summed E-state index contributed by atoms with van der Waals surface area (Å²) in [6.07, 6.45) is -0.661. The van der Waals surface area contributed by atoms with Crippen molar-refractivity contribution in [1.82, 2.24) is 4.90 Å². The van der Waals surface area contributed by atoms with E-state index < -0.39 is 29.2 Å². The Morgan fingerprint density at radius 2 is 1.82 bits per heavy atom. The van der Waals surface area contributed by atoms with Crippen LogP contribution in [-0.4, -0.2) is 41.7 Å². The van der Waals surface area contributed by atoms with Crippen LogP contribution in [-0.2, 0) is 15.8 Å². The molecule has 2 aromatic rings. The third-order valence-corrected chi connectivity index (χ3v) is 6.49. The second-order valence-electron chi connectivity index (χ2n) is 8.36. The highest BCUT2D eigenvalue weighted by molar-refractivity contribution is 6.47. The number of halogens is 4. The maximum atomic E-state index is 13.4. The van der Waals surface area contributed by atoms with Crippen molar-refractivity contribution >= 4 is 34.8 Å². The van der Waals surface area contributed by atoms with Gasteiger partial charge in [0.1, 0.15) is 23.7 Å². The largest absolute Gasteiger partial charge is 0.497 e. The van der Waals surface area contributed by atoms with E-state index in [1.807, 2.05) is 0 Å². The lowest BCUT2D eigenvalue weighted by Crippen LogP contribution is -2.51. The van der Waals surface area contributed by atoms with Gasteiger partial charge < -0.3 is 15.0 Å². The highest BCUT2D eigenvalue weighted by Crippen LogP contribution is 2.40. The number of methoxy groups -OCH3 is 1. The van der Waals surface area contributed by atoms with E-state index in [2.05, 4.69) is 5.32 Å². The van der Waals surface area contributed by atoms with Gasteiger partial charge in [-0.05, 0) is 68.1 Å². The summed E-state index contributed by atoms with van der Waals surface area (Å²) in [6.45, 7) is -0.353. The summed E-state index contributed by atoms with van der Waals surface area (Å²) < 4.78 is 44.4. The minimum atomic E-state index is -4.58. The highest BCUT2D eigenvalue weighted by atomic mass is 35.5. The Bertz CT molecular complexity index is 1130. The number of nitrogens with one attached hydrogen (secondary N) is 1. The summed E-state index contributed by atoms with van der Waals surface area (Å²) in [5.41, 5.74) is -1.07. The molecule has 0 bridgehead atoms. The minimum absolute atomic E-state index is 0.0309. The number of rotatable bonds is 5. The van der Waals surface area contributed by atoms with Gasteiger partial charge in [0.05, 0.1) is 23.4 Å². The monoisotopic (exact) mass is 493 g/mol. The van der Waals surface area contributed by atoms with Gasteiger partial charge in [0, 0.05) is 5.56 Å². The Morgan fingerprint density at radius 3 is 2.44 bits per heavy atom. The molecule has 4 rings (SSSR count). The molecule has 34 heavy (non-hydrogen) atoms. The molecule has 1 spiro atoms. The van der Waals surface area contributed by atoms with Crippen LogP contribution >= 0.6 is 11.6 Å². The number of amides is 2. The van der Waals surface area contributed by atoms with E-state index in [9.17, 15) is 22.8 Å². The fourth-order valence-electron chi connectivity index (χ4n) is 4.42. The summed E-state index contributed by atoms with van der Waals surface area (Å²) in [5.74, 6) is -0.403. The maximum Gasteiger partial charge on any atom is 0.416 e. The van der Waals surface area contributed by atoms with Gasteiger partial charge >= 0.3 is 6.18 Å². The molecule has 0 radical (unpaired) electrons. The van der Waals surface area contributed by atoms with Crippen molar-refractivity contribution in [3.05, 3.63) is 58.6 Å². The van der Waals surface area contributed by atoms with E-state index in [4.69, 9.17) is 21.3 Å². The quantitative estimate of drug-likeness (QED) is 0.614. The van der Waals surface area contributed by atoms with Gasteiger partial charge in [0.25, 0.3) is 5.91 Å². The SMILES string of the molecule is COc1ccc(C2=NC3(CCCCC3)N(CC(=O)Nc3cc(C(F)(F)F)ccc3Cl)C2=O)cc1. The molecule has 0 atom stereocenters. The molecule has 1 saturated carbocycles. The Labute approximate surface area is 199 Å².